The molecule has 0 saturated heterocycles. The van der Waals surface area contributed by atoms with Gasteiger partial charge in [-0.15, -0.1) is 0 Å². The Kier molecular flexibility index (Phi) is 8.57. The maximum Gasteiger partial charge on any atom is 0.314 e. The van der Waals surface area contributed by atoms with Crippen LogP contribution < -0.4 is 0 Å². The van der Waals surface area contributed by atoms with E-state index in [9.17, 15) is 0 Å². The van der Waals surface area contributed by atoms with Gasteiger partial charge in [0, 0.05) is 17.1 Å². The molecule has 0 aliphatic rings. The maximum atomic E-state index is 8.74. The molecule has 0 saturated carbocycles. The van der Waals surface area contributed by atoms with Gasteiger partial charge in [-0.2, -0.15) is 0 Å². The fourth-order valence-corrected chi connectivity index (χ4v) is 0. The summed E-state index contributed by atoms with van der Waals surface area (Å²) in [6, 6.07) is 0. The Morgan fingerprint density at radius 1 is 1.40 bits per heavy atom. The van der Waals surface area contributed by atoms with Crippen LogP contribution in [0.25, 0.3) is 0 Å². The molecule has 0 aliphatic heterocycles. The van der Waals surface area contributed by atoms with Gasteiger partial charge in [0.2, 0.25) is 0 Å². The Hall–Kier alpha value is 0.669. The third kappa shape index (κ3) is 74.2. The Morgan fingerprint density at radius 2 is 1.40 bits per heavy atom. The van der Waals surface area contributed by atoms with Crippen LogP contribution in [0.15, 0.2) is 0 Å². The van der Waals surface area contributed by atoms with Crippen LogP contribution in [0.2, 0.25) is 0 Å². The van der Waals surface area contributed by atoms with Crippen LogP contribution in [0.3, 0.4) is 0 Å². The maximum absolute atomic E-state index is 8.74. The molecular formula is H3FeO3P. The van der Waals surface area contributed by atoms with Crippen molar-refractivity contribution in [3.63, 3.8) is 0 Å². The zero-order valence-electron chi connectivity index (χ0n) is 2.16. The summed E-state index contributed by atoms with van der Waals surface area (Å²) in [7, 11) is -3.13. The molecule has 3 nitrogen and oxygen atoms in total. The van der Waals surface area contributed by atoms with E-state index in [0.29, 0.717) is 0 Å². The van der Waals surface area contributed by atoms with Crippen LogP contribution in [0.4, 0.5) is 0 Å². The van der Waals surface area contributed by atoms with Gasteiger partial charge in [0.15, 0.2) is 0 Å². The van der Waals surface area contributed by atoms with Crippen LogP contribution in [-0.2, 0) is 21.6 Å². The van der Waals surface area contributed by atoms with Crippen molar-refractivity contribution in [2.24, 2.45) is 0 Å². The molecule has 2 N–H and O–H groups in total. The zero-order valence-corrected chi connectivity index (χ0v) is 4.26. The Morgan fingerprint density at radius 3 is 1.40 bits per heavy atom. The molecule has 0 aliphatic carbocycles. The van der Waals surface area contributed by atoms with Crippen molar-refractivity contribution in [1.29, 1.82) is 0 Å². The molecule has 0 atom stereocenters. The van der Waals surface area contributed by atoms with Gasteiger partial charge in [0.1, 0.15) is 0 Å². The first kappa shape index (κ1) is 9.18. The molecule has 0 spiro atoms. The first-order valence-corrected chi connectivity index (χ1v) is 1.95. The van der Waals surface area contributed by atoms with E-state index in [1.165, 1.54) is 0 Å². The number of hydrogen-bond acceptors (Lipinski definition) is 1. The minimum absolute atomic E-state index is 0. The summed E-state index contributed by atoms with van der Waals surface area (Å²) in [6.07, 6.45) is 0. The number of hydrogen-bond donors (Lipinski definition) is 2. The Labute approximate surface area is 40.4 Å². The second-order valence-electron chi connectivity index (χ2n) is 0.283. The third-order valence-electron chi connectivity index (χ3n) is 0. The SMILES string of the molecule is O=[PH](O)O.[Fe]. The van der Waals surface area contributed by atoms with Crippen molar-refractivity contribution in [3.05, 3.63) is 0 Å². The van der Waals surface area contributed by atoms with Crippen molar-refractivity contribution in [2.45, 2.75) is 0 Å². The predicted octanol–water partition coefficient (Wildman–Crippen LogP) is -0.642. The minimum atomic E-state index is -3.13. The molecular weight excluding hydrogens is 135 g/mol. The van der Waals surface area contributed by atoms with Gasteiger partial charge < -0.3 is 9.79 Å². The van der Waals surface area contributed by atoms with E-state index in [0.717, 1.165) is 0 Å². The quantitative estimate of drug-likeness (QED) is 0.345. The van der Waals surface area contributed by atoms with E-state index < -0.39 is 8.25 Å². The van der Waals surface area contributed by atoms with Crippen LogP contribution in [0.1, 0.15) is 0 Å². The van der Waals surface area contributed by atoms with Gasteiger partial charge in [0.05, 0.1) is 0 Å². The van der Waals surface area contributed by atoms with E-state index in [-0.39, 0.29) is 17.1 Å². The van der Waals surface area contributed by atoms with Gasteiger partial charge in [-0.1, -0.05) is 0 Å². The van der Waals surface area contributed by atoms with Crippen LogP contribution in [0, 0.1) is 0 Å². The standard InChI is InChI=1S/Fe.H3O3P/c;1-4(2)3/h;4H,(H2,1,2,3). The van der Waals surface area contributed by atoms with Gasteiger partial charge in [-0.05, 0) is 0 Å². The first-order chi connectivity index (χ1) is 1.73. The summed E-state index contributed by atoms with van der Waals surface area (Å²) in [4.78, 5) is 14.3. The Balaban J connectivity index is 0. The fraction of sp³-hybridized carbons (Fsp3) is 0. The van der Waals surface area contributed by atoms with Gasteiger partial charge in [-0.3, -0.25) is 4.57 Å². The topological polar surface area (TPSA) is 57.5 Å². The summed E-state index contributed by atoms with van der Waals surface area (Å²) in [6.45, 7) is 0. The van der Waals surface area contributed by atoms with E-state index in [4.69, 9.17) is 14.4 Å². The molecule has 0 unspecified atom stereocenters. The van der Waals surface area contributed by atoms with Crippen molar-refractivity contribution < 1.29 is 31.4 Å². The largest absolute Gasteiger partial charge is 0.326 e. The number of rotatable bonds is 0. The second-order valence-corrected chi connectivity index (χ2v) is 0.848. The molecule has 5 heavy (non-hydrogen) atoms. The van der Waals surface area contributed by atoms with E-state index in [1.54, 1.807) is 0 Å². The van der Waals surface area contributed by atoms with Gasteiger partial charge in [-0.25, -0.2) is 0 Å². The molecule has 0 amide bonds. The molecule has 0 aromatic rings. The van der Waals surface area contributed by atoms with E-state index >= 15 is 0 Å². The van der Waals surface area contributed by atoms with E-state index in [1.807, 2.05) is 0 Å². The van der Waals surface area contributed by atoms with Gasteiger partial charge >= 0.3 is 8.25 Å². The summed E-state index contributed by atoms with van der Waals surface area (Å²) < 4.78 is 8.74. The summed E-state index contributed by atoms with van der Waals surface area (Å²) >= 11 is 0. The van der Waals surface area contributed by atoms with Crippen molar-refractivity contribution in [2.75, 3.05) is 0 Å². The third-order valence-corrected chi connectivity index (χ3v) is 0. The van der Waals surface area contributed by atoms with Crippen LogP contribution in [0.5, 0.6) is 0 Å². The van der Waals surface area contributed by atoms with Gasteiger partial charge in [0.25, 0.3) is 0 Å². The molecule has 0 aromatic carbocycles. The Bertz CT molecular complexity index is 29.9. The van der Waals surface area contributed by atoms with Crippen molar-refractivity contribution >= 4 is 8.25 Å². The average Bonchev–Trinajstić information content (AvgIpc) is 0.811. The van der Waals surface area contributed by atoms with Crippen LogP contribution >= 0.6 is 8.25 Å². The molecule has 0 bridgehead atoms. The second kappa shape index (κ2) is 4.67. The zero-order chi connectivity index (χ0) is 3.58. The molecule has 0 heterocycles. The molecule has 0 rings (SSSR count). The summed E-state index contributed by atoms with van der Waals surface area (Å²) in [5.41, 5.74) is 0. The molecule has 34 valence electrons. The van der Waals surface area contributed by atoms with Crippen molar-refractivity contribution in [3.8, 4) is 0 Å². The summed E-state index contributed by atoms with van der Waals surface area (Å²) in [5.74, 6) is 0. The average molecular weight is 138 g/mol. The monoisotopic (exact) mass is 138 g/mol. The van der Waals surface area contributed by atoms with Crippen LogP contribution in [-0.4, -0.2) is 9.79 Å². The van der Waals surface area contributed by atoms with Crippen molar-refractivity contribution in [1.82, 2.24) is 0 Å². The fourth-order valence-electron chi connectivity index (χ4n) is 0. The predicted molar refractivity (Wildman–Crippen MR) is 13.4 cm³/mol. The van der Waals surface area contributed by atoms with E-state index in [2.05, 4.69) is 0 Å². The normalized spacial score (nSPS) is 7.00. The summed E-state index contributed by atoms with van der Waals surface area (Å²) in [5, 5.41) is 0. The molecule has 5 heteroatoms. The molecule has 0 fully saturated rings. The first-order valence-electron chi connectivity index (χ1n) is 0.651. The smallest absolute Gasteiger partial charge is 0.314 e. The minimum Gasteiger partial charge on any atom is -0.326 e. The molecule has 0 aromatic heterocycles. The molecule has 0 radical (unpaired) electrons.